The Morgan fingerprint density at radius 1 is 1.40 bits per heavy atom. The number of urea groups is 1. The van der Waals surface area contributed by atoms with E-state index in [1.165, 1.54) is 0 Å². The molecule has 1 aliphatic rings. The van der Waals surface area contributed by atoms with Crippen LogP contribution in [0.25, 0.3) is 0 Å². The Morgan fingerprint density at radius 3 is 2.70 bits per heavy atom. The van der Waals surface area contributed by atoms with Crippen LogP contribution in [0.4, 0.5) is 10.5 Å². The van der Waals surface area contributed by atoms with E-state index in [4.69, 9.17) is 5.11 Å². The molecular weight excluding hydrogens is 324 g/mol. The number of hydrogen-bond donors (Lipinski definition) is 2. The summed E-state index contributed by atoms with van der Waals surface area (Å²) in [6.07, 6.45) is 0. The molecule has 0 bridgehead atoms. The number of carboxylic acids is 1. The summed E-state index contributed by atoms with van der Waals surface area (Å²) in [5.41, 5.74) is 1.72. The summed E-state index contributed by atoms with van der Waals surface area (Å²) in [6, 6.07) is 5.36. The van der Waals surface area contributed by atoms with Crippen molar-refractivity contribution in [2.75, 3.05) is 18.4 Å². The second-order valence-electron chi connectivity index (χ2n) is 5.19. The van der Waals surface area contributed by atoms with Crippen molar-refractivity contribution in [3.8, 4) is 0 Å². The summed E-state index contributed by atoms with van der Waals surface area (Å²) < 4.78 is 0.843. The van der Waals surface area contributed by atoms with Crippen LogP contribution in [0.2, 0.25) is 0 Å². The van der Waals surface area contributed by atoms with Gasteiger partial charge in [-0.25, -0.2) is 4.79 Å². The van der Waals surface area contributed by atoms with Crippen LogP contribution >= 0.6 is 15.9 Å². The molecule has 2 amide bonds. The van der Waals surface area contributed by atoms with Crippen LogP contribution in [-0.4, -0.2) is 35.1 Å². The summed E-state index contributed by atoms with van der Waals surface area (Å²) in [5.74, 6) is -1.36. The number of benzene rings is 1. The van der Waals surface area contributed by atoms with Gasteiger partial charge in [-0.3, -0.25) is 4.79 Å². The quantitative estimate of drug-likeness (QED) is 0.869. The number of nitrogens with one attached hydrogen (secondary N) is 1. The van der Waals surface area contributed by atoms with Gasteiger partial charge in [0.2, 0.25) is 0 Å². The smallest absolute Gasteiger partial charge is 0.321 e. The molecule has 1 fully saturated rings. The Morgan fingerprint density at radius 2 is 2.10 bits per heavy atom. The minimum absolute atomic E-state index is 0.0285. The van der Waals surface area contributed by atoms with E-state index in [0.717, 1.165) is 10.0 Å². The molecule has 1 aromatic carbocycles. The van der Waals surface area contributed by atoms with E-state index in [2.05, 4.69) is 21.2 Å². The zero-order chi connectivity index (χ0) is 14.9. The van der Waals surface area contributed by atoms with Crippen molar-refractivity contribution in [1.29, 1.82) is 0 Å². The highest BCUT2D eigenvalue weighted by Crippen LogP contribution is 2.28. The van der Waals surface area contributed by atoms with E-state index >= 15 is 0 Å². The first-order valence-corrected chi connectivity index (χ1v) is 7.23. The van der Waals surface area contributed by atoms with Gasteiger partial charge in [0.05, 0.1) is 11.6 Å². The van der Waals surface area contributed by atoms with Gasteiger partial charge in [-0.15, -0.1) is 0 Å². The minimum Gasteiger partial charge on any atom is -0.481 e. The van der Waals surface area contributed by atoms with E-state index in [-0.39, 0.29) is 18.5 Å². The maximum atomic E-state index is 12.2. The predicted octanol–water partition coefficient (Wildman–Crippen LogP) is 2.94. The number of halogens is 1. The second-order valence-corrected chi connectivity index (χ2v) is 5.99. The Hall–Kier alpha value is -1.56. The molecule has 0 radical (unpaired) electrons. The molecular formula is C14H17BrN2O3. The van der Waals surface area contributed by atoms with Crippen LogP contribution in [0.3, 0.4) is 0 Å². The third-order valence-corrected chi connectivity index (χ3v) is 4.70. The predicted molar refractivity (Wildman–Crippen MR) is 79.8 cm³/mol. The van der Waals surface area contributed by atoms with Crippen LogP contribution in [-0.2, 0) is 4.79 Å². The lowest BCUT2D eigenvalue weighted by Gasteiger charge is -2.18. The number of carbonyl (C=O) groups is 2. The van der Waals surface area contributed by atoms with Crippen LogP contribution < -0.4 is 5.32 Å². The Labute approximate surface area is 126 Å². The molecule has 20 heavy (non-hydrogen) atoms. The van der Waals surface area contributed by atoms with E-state index in [1.807, 2.05) is 32.0 Å². The molecule has 2 rings (SSSR count). The second kappa shape index (κ2) is 5.83. The molecule has 0 spiro atoms. The highest BCUT2D eigenvalue weighted by Gasteiger charge is 2.37. The molecule has 1 saturated heterocycles. The number of aliphatic carboxylic acids is 1. The van der Waals surface area contributed by atoms with Crippen molar-refractivity contribution in [1.82, 2.24) is 4.90 Å². The number of likely N-dealkylation sites (tertiary alicyclic amines) is 1. The normalized spacial score (nSPS) is 21.9. The average molecular weight is 341 g/mol. The Balaban J connectivity index is 2.06. The van der Waals surface area contributed by atoms with E-state index in [0.29, 0.717) is 12.2 Å². The van der Waals surface area contributed by atoms with Gasteiger partial charge in [-0.05, 0) is 40.4 Å². The number of aryl methyl sites for hydroxylation is 1. The van der Waals surface area contributed by atoms with Crippen LogP contribution in [0.15, 0.2) is 22.7 Å². The van der Waals surface area contributed by atoms with E-state index in [1.54, 1.807) is 4.90 Å². The lowest BCUT2D eigenvalue weighted by Crippen LogP contribution is -2.34. The molecule has 2 N–H and O–H groups in total. The fraction of sp³-hybridized carbons (Fsp3) is 0.429. The number of carbonyl (C=O) groups excluding carboxylic acids is 1. The first-order chi connectivity index (χ1) is 9.40. The number of rotatable bonds is 2. The highest BCUT2D eigenvalue weighted by molar-refractivity contribution is 9.10. The van der Waals surface area contributed by atoms with Gasteiger partial charge < -0.3 is 15.3 Å². The van der Waals surface area contributed by atoms with Crippen LogP contribution in [0.5, 0.6) is 0 Å². The monoisotopic (exact) mass is 340 g/mol. The first kappa shape index (κ1) is 14.8. The highest BCUT2D eigenvalue weighted by atomic mass is 79.9. The van der Waals surface area contributed by atoms with Gasteiger partial charge in [-0.2, -0.15) is 0 Å². The van der Waals surface area contributed by atoms with Gasteiger partial charge >= 0.3 is 12.0 Å². The molecule has 6 heteroatoms. The maximum absolute atomic E-state index is 12.2. The molecule has 1 aliphatic heterocycles. The summed E-state index contributed by atoms with van der Waals surface area (Å²) in [7, 11) is 0. The molecule has 0 unspecified atom stereocenters. The van der Waals surface area contributed by atoms with E-state index < -0.39 is 11.9 Å². The minimum atomic E-state index is -0.843. The van der Waals surface area contributed by atoms with Gasteiger partial charge in [-0.1, -0.05) is 19.1 Å². The fourth-order valence-electron chi connectivity index (χ4n) is 2.39. The molecule has 2 atom stereocenters. The van der Waals surface area contributed by atoms with Crippen LogP contribution in [0.1, 0.15) is 12.5 Å². The van der Waals surface area contributed by atoms with Gasteiger partial charge in [0.15, 0.2) is 0 Å². The lowest BCUT2D eigenvalue weighted by molar-refractivity contribution is -0.142. The number of anilines is 1. The van der Waals surface area contributed by atoms with E-state index in [9.17, 15) is 9.59 Å². The Kier molecular flexibility index (Phi) is 4.32. The van der Waals surface area contributed by atoms with Crippen molar-refractivity contribution in [2.45, 2.75) is 13.8 Å². The Bertz CT molecular complexity index is 547. The molecule has 0 saturated carbocycles. The maximum Gasteiger partial charge on any atom is 0.321 e. The molecule has 1 heterocycles. The number of carboxylic acid groups (broad SMARTS) is 1. The zero-order valence-corrected chi connectivity index (χ0v) is 13.0. The van der Waals surface area contributed by atoms with Crippen molar-refractivity contribution in [3.63, 3.8) is 0 Å². The molecule has 0 aromatic heterocycles. The van der Waals surface area contributed by atoms with Gasteiger partial charge in [0, 0.05) is 17.6 Å². The van der Waals surface area contributed by atoms with Crippen molar-refractivity contribution >= 4 is 33.6 Å². The largest absolute Gasteiger partial charge is 0.481 e. The van der Waals surface area contributed by atoms with Gasteiger partial charge in [0.25, 0.3) is 0 Å². The third-order valence-electron chi connectivity index (χ3n) is 3.65. The van der Waals surface area contributed by atoms with Gasteiger partial charge in [0.1, 0.15) is 0 Å². The molecule has 0 aliphatic carbocycles. The van der Waals surface area contributed by atoms with Crippen LogP contribution in [0, 0.1) is 18.8 Å². The summed E-state index contributed by atoms with van der Waals surface area (Å²) in [4.78, 5) is 24.8. The first-order valence-electron chi connectivity index (χ1n) is 6.44. The standard InChI is InChI=1S/C14H17BrN2O3/c1-8-4-3-5-11(12(8)15)16-14(20)17-6-9(2)10(7-17)13(18)19/h3-5,9-10H,6-7H2,1-2H3,(H,16,20)(H,18,19)/t9-,10-/m1/s1. The van der Waals surface area contributed by atoms with Crippen molar-refractivity contribution in [2.24, 2.45) is 11.8 Å². The number of nitrogens with zero attached hydrogens (tertiary/aromatic N) is 1. The van der Waals surface area contributed by atoms with Crippen molar-refractivity contribution < 1.29 is 14.7 Å². The molecule has 108 valence electrons. The molecule has 5 nitrogen and oxygen atoms in total. The average Bonchev–Trinajstić information content (AvgIpc) is 2.77. The summed E-state index contributed by atoms with van der Waals surface area (Å²) in [5, 5.41) is 11.9. The number of hydrogen-bond acceptors (Lipinski definition) is 2. The molecule has 1 aromatic rings. The fourth-order valence-corrected chi connectivity index (χ4v) is 2.76. The topological polar surface area (TPSA) is 69.6 Å². The lowest BCUT2D eigenvalue weighted by atomic mass is 9.99. The SMILES string of the molecule is Cc1cccc(NC(=O)N2C[C@@H](C)[C@H](C(=O)O)C2)c1Br. The van der Waals surface area contributed by atoms with Crippen molar-refractivity contribution in [3.05, 3.63) is 28.2 Å². The zero-order valence-electron chi connectivity index (χ0n) is 11.4. The number of amides is 2. The summed E-state index contributed by atoms with van der Waals surface area (Å²) in [6.45, 7) is 4.52. The third kappa shape index (κ3) is 2.95. The summed E-state index contributed by atoms with van der Waals surface area (Å²) >= 11 is 3.44.